The van der Waals surface area contributed by atoms with Crippen LogP contribution in [0.5, 0.6) is 0 Å². The van der Waals surface area contributed by atoms with E-state index in [0.717, 1.165) is 0 Å². The van der Waals surface area contributed by atoms with Crippen molar-refractivity contribution in [3.8, 4) is 0 Å². The van der Waals surface area contributed by atoms with Gasteiger partial charge in [0.05, 0.1) is 5.75 Å². The SMILES string of the molecule is O=S(=O)(CC1C(F)(F)C(F)(F)OC(F)(F)C1(F)F)NS(=O)(=O)C(F)(F)F. The zero-order chi connectivity index (χ0) is 21.2. The summed E-state index contributed by atoms with van der Waals surface area (Å²) < 4.78 is 186. The molecule has 19 heteroatoms. The second-order valence-electron chi connectivity index (χ2n) is 4.75. The molecule has 0 aliphatic carbocycles. The Balaban J connectivity index is 3.39. The highest BCUT2D eigenvalue weighted by Gasteiger charge is 2.83. The van der Waals surface area contributed by atoms with Crippen LogP contribution in [-0.2, 0) is 24.8 Å². The molecule has 0 aromatic heterocycles. The summed E-state index contributed by atoms with van der Waals surface area (Å²) in [6.45, 7) is 0. The maximum Gasteiger partial charge on any atom is 0.512 e. The number of nitrogens with one attached hydrogen (secondary N) is 1. The number of hydrogen-bond acceptors (Lipinski definition) is 5. The highest BCUT2D eigenvalue weighted by atomic mass is 32.3. The fourth-order valence-corrected chi connectivity index (χ4v) is 4.45. The fourth-order valence-electron chi connectivity index (χ4n) is 1.61. The van der Waals surface area contributed by atoms with E-state index in [4.69, 9.17) is 0 Å². The molecule has 0 saturated carbocycles. The van der Waals surface area contributed by atoms with Crippen LogP contribution >= 0.6 is 0 Å². The number of rotatable bonds is 4. The Bertz CT molecular complexity index is 745. The van der Waals surface area contributed by atoms with Gasteiger partial charge in [-0.25, -0.2) is 21.6 Å². The lowest BCUT2D eigenvalue weighted by Gasteiger charge is -2.44. The van der Waals surface area contributed by atoms with Crippen LogP contribution in [0.2, 0.25) is 0 Å². The van der Waals surface area contributed by atoms with Crippen molar-refractivity contribution in [1.82, 2.24) is 4.13 Å². The molecule has 1 aliphatic rings. The average molecular weight is 455 g/mol. The topological polar surface area (TPSA) is 89.5 Å². The minimum absolute atomic E-state index is 0.328. The number of hydrogen-bond donors (Lipinski definition) is 1. The number of alkyl halides is 11. The number of sulfonamides is 2. The molecule has 26 heavy (non-hydrogen) atoms. The first-order valence-electron chi connectivity index (χ1n) is 5.54. The normalized spacial score (nSPS) is 25.8. The van der Waals surface area contributed by atoms with Gasteiger partial charge in [0.2, 0.25) is 10.0 Å². The number of halogens is 11. The summed E-state index contributed by atoms with van der Waals surface area (Å²) >= 11 is 0. The molecule has 1 rings (SSSR count). The van der Waals surface area contributed by atoms with Crippen molar-refractivity contribution in [3.05, 3.63) is 0 Å². The van der Waals surface area contributed by atoms with Gasteiger partial charge in [-0.15, -0.1) is 4.13 Å². The van der Waals surface area contributed by atoms with E-state index in [1.165, 1.54) is 0 Å². The molecule has 1 aliphatic heterocycles. The Labute approximate surface area is 136 Å². The van der Waals surface area contributed by atoms with E-state index >= 15 is 0 Å². The predicted octanol–water partition coefficient (Wildman–Crippen LogP) is 1.86. The lowest BCUT2D eigenvalue weighted by Crippen LogP contribution is -2.69. The van der Waals surface area contributed by atoms with Gasteiger partial charge < -0.3 is 0 Å². The smallest absolute Gasteiger partial charge is 0.246 e. The molecule has 0 aromatic carbocycles. The van der Waals surface area contributed by atoms with Gasteiger partial charge in [-0.05, 0) is 0 Å². The first-order valence-corrected chi connectivity index (χ1v) is 8.68. The minimum Gasteiger partial charge on any atom is -0.246 e. The summed E-state index contributed by atoms with van der Waals surface area (Å²) in [4.78, 5) is 0. The van der Waals surface area contributed by atoms with E-state index in [1.807, 2.05) is 4.74 Å². The van der Waals surface area contributed by atoms with E-state index in [-0.39, 0.29) is 4.13 Å². The van der Waals surface area contributed by atoms with E-state index in [0.29, 0.717) is 0 Å². The Kier molecular flexibility index (Phi) is 5.13. The third-order valence-electron chi connectivity index (χ3n) is 2.84. The van der Waals surface area contributed by atoms with Crippen LogP contribution in [0.1, 0.15) is 0 Å². The maximum absolute atomic E-state index is 13.3. The van der Waals surface area contributed by atoms with Crippen LogP contribution in [0.4, 0.5) is 48.3 Å². The van der Waals surface area contributed by atoms with Crippen LogP contribution in [0, 0.1) is 5.92 Å². The van der Waals surface area contributed by atoms with Crippen molar-refractivity contribution in [3.63, 3.8) is 0 Å². The van der Waals surface area contributed by atoms with Crippen molar-refractivity contribution < 1.29 is 69.9 Å². The average Bonchev–Trinajstić information content (AvgIpc) is 2.29. The van der Waals surface area contributed by atoms with Gasteiger partial charge in [0.25, 0.3) is 0 Å². The summed E-state index contributed by atoms with van der Waals surface area (Å²) in [6.07, 6.45) is -12.7. The molecule has 1 saturated heterocycles. The van der Waals surface area contributed by atoms with Crippen LogP contribution < -0.4 is 4.13 Å². The largest absolute Gasteiger partial charge is 0.512 e. The van der Waals surface area contributed by atoms with Gasteiger partial charge in [0.15, 0.2) is 0 Å². The van der Waals surface area contributed by atoms with Crippen molar-refractivity contribution in [2.75, 3.05) is 5.75 Å². The summed E-state index contributed by atoms with van der Waals surface area (Å²) in [7, 11) is -13.3. The van der Waals surface area contributed by atoms with Crippen LogP contribution in [-0.4, -0.2) is 52.2 Å². The maximum atomic E-state index is 13.3. The Hall–Kier alpha value is -0.950. The molecule has 0 atom stereocenters. The zero-order valence-electron chi connectivity index (χ0n) is 11.3. The van der Waals surface area contributed by atoms with E-state index < -0.39 is 61.3 Å². The van der Waals surface area contributed by atoms with E-state index in [9.17, 15) is 65.1 Å². The molecule has 156 valence electrons. The Morgan fingerprint density at radius 3 is 1.46 bits per heavy atom. The third kappa shape index (κ3) is 3.70. The Morgan fingerprint density at radius 2 is 1.15 bits per heavy atom. The molecule has 0 spiro atoms. The van der Waals surface area contributed by atoms with Gasteiger partial charge >= 0.3 is 39.6 Å². The van der Waals surface area contributed by atoms with Gasteiger partial charge in [-0.3, -0.25) is 0 Å². The lowest BCUT2D eigenvalue weighted by molar-refractivity contribution is -0.523. The van der Waals surface area contributed by atoms with E-state index in [1.54, 1.807) is 0 Å². The molecule has 0 bridgehead atoms. The molecule has 0 amide bonds. The van der Waals surface area contributed by atoms with Crippen LogP contribution in [0.3, 0.4) is 0 Å². The summed E-state index contributed by atoms with van der Waals surface area (Å²) in [5.74, 6) is -20.8. The van der Waals surface area contributed by atoms with Crippen molar-refractivity contribution >= 4 is 20.0 Å². The first-order chi connectivity index (χ1) is 11.0. The summed E-state index contributed by atoms with van der Waals surface area (Å²) in [5, 5.41) is 0. The molecule has 0 aromatic rings. The second kappa shape index (κ2) is 5.77. The lowest BCUT2D eigenvalue weighted by atomic mass is 9.91. The molecule has 0 radical (unpaired) electrons. The van der Waals surface area contributed by atoms with Crippen molar-refractivity contribution in [2.45, 2.75) is 29.6 Å². The van der Waals surface area contributed by atoms with E-state index in [2.05, 4.69) is 0 Å². The van der Waals surface area contributed by atoms with Gasteiger partial charge in [-0.2, -0.15) is 48.3 Å². The Morgan fingerprint density at radius 1 is 0.808 bits per heavy atom. The molecule has 1 fully saturated rings. The van der Waals surface area contributed by atoms with Gasteiger partial charge in [-0.1, -0.05) is 0 Å². The quantitative estimate of drug-likeness (QED) is 0.654. The van der Waals surface area contributed by atoms with Crippen LogP contribution in [0.15, 0.2) is 0 Å². The first kappa shape index (κ1) is 23.1. The molecular weight excluding hydrogens is 451 g/mol. The monoisotopic (exact) mass is 455 g/mol. The zero-order valence-corrected chi connectivity index (χ0v) is 12.9. The minimum atomic E-state index is -6.87. The molecule has 1 heterocycles. The number of ether oxygens (including phenoxy) is 1. The highest BCUT2D eigenvalue weighted by molar-refractivity contribution is 8.05. The van der Waals surface area contributed by atoms with Crippen LogP contribution in [0.25, 0.3) is 0 Å². The summed E-state index contributed by atoms with van der Waals surface area (Å²) in [5.41, 5.74) is -6.38. The highest BCUT2D eigenvalue weighted by Crippen LogP contribution is 2.59. The predicted molar refractivity (Wildman–Crippen MR) is 56.3 cm³/mol. The summed E-state index contributed by atoms with van der Waals surface area (Å²) in [6, 6.07) is 0. The molecular formula is C7H4F11NO5S2. The molecule has 6 nitrogen and oxygen atoms in total. The van der Waals surface area contributed by atoms with Gasteiger partial charge in [0.1, 0.15) is 5.92 Å². The third-order valence-corrected chi connectivity index (χ3v) is 6.11. The molecule has 0 unspecified atom stereocenters. The second-order valence-corrected chi connectivity index (χ2v) is 8.45. The van der Waals surface area contributed by atoms with Crippen molar-refractivity contribution in [1.29, 1.82) is 0 Å². The fraction of sp³-hybridized carbons (Fsp3) is 1.00. The van der Waals surface area contributed by atoms with Gasteiger partial charge in [0, 0.05) is 0 Å². The molecule has 1 N–H and O–H groups in total. The standard InChI is InChI=1S/C7H4F11NO5S2/c8-3(9)2(4(10,11)6(14,15)24-5(3,12)13)1-25(20,21)19-26(22,23)7(16,17)18/h2,19H,1H2. The van der Waals surface area contributed by atoms with Crippen molar-refractivity contribution in [2.24, 2.45) is 5.92 Å².